The molecule has 1 fully saturated rings. The second-order valence-corrected chi connectivity index (χ2v) is 4.57. The van der Waals surface area contributed by atoms with Crippen LogP contribution < -0.4 is 0 Å². The van der Waals surface area contributed by atoms with Gasteiger partial charge in [-0.2, -0.15) is 0 Å². The Balaban J connectivity index is 2.23. The van der Waals surface area contributed by atoms with Crippen LogP contribution in [0.4, 0.5) is 0 Å². The predicted octanol–water partition coefficient (Wildman–Crippen LogP) is 2.65. The average molecular weight is 166 g/mol. The van der Waals surface area contributed by atoms with Gasteiger partial charge in [-0.3, -0.25) is 0 Å². The van der Waals surface area contributed by atoms with Gasteiger partial charge in [0.2, 0.25) is 0 Å². The van der Waals surface area contributed by atoms with E-state index in [1.165, 1.54) is 37.7 Å². The zero-order chi connectivity index (χ0) is 8.60. The Bertz CT molecular complexity index is 207. The van der Waals surface area contributed by atoms with Crippen molar-refractivity contribution in [2.45, 2.75) is 51.6 Å². The molecular formula is C11H18O. The molecule has 0 aliphatic heterocycles. The summed E-state index contributed by atoms with van der Waals surface area (Å²) in [7, 11) is 0. The number of aliphatic hydroxyl groups is 1. The third-order valence-corrected chi connectivity index (χ3v) is 3.59. The number of hydrogen-bond acceptors (Lipinski definition) is 1. The first kappa shape index (κ1) is 8.31. The van der Waals surface area contributed by atoms with Gasteiger partial charge in [-0.15, -0.1) is 0 Å². The van der Waals surface area contributed by atoms with Crippen molar-refractivity contribution in [1.29, 1.82) is 0 Å². The molecule has 1 N–H and O–H groups in total. The van der Waals surface area contributed by atoms with Crippen molar-refractivity contribution in [2.24, 2.45) is 5.41 Å². The first-order chi connectivity index (χ1) is 5.71. The van der Waals surface area contributed by atoms with Gasteiger partial charge < -0.3 is 5.11 Å². The summed E-state index contributed by atoms with van der Waals surface area (Å²) in [6.45, 7) is 2.36. The van der Waals surface area contributed by atoms with Crippen LogP contribution in [0, 0.1) is 5.41 Å². The minimum atomic E-state index is -0.147. The summed E-state index contributed by atoms with van der Waals surface area (Å²) >= 11 is 0. The Morgan fingerprint density at radius 3 is 3.08 bits per heavy atom. The standard InChI is InChI=1S/C11H18O/c1-11-6-3-2-4-9(11)8-10(12)5-7-11/h8,10,12H,2-7H2,1H3/t10-,11-/m0/s1. The van der Waals surface area contributed by atoms with Crippen LogP contribution in [0.15, 0.2) is 11.6 Å². The third kappa shape index (κ3) is 1.31. The summed E-state index contributed by atoms with van der Waals surface area (Å²) in [4.78, 5) is 0. The Labute approximate surface area is 74.5 Å². The number of hydrogen-bond donors (Lipinski definition) is 1. The first-order valence-corrected chi connectivity index (χ1v) is 5.10. The fourth-order valence-electron chi connectivity index (χ4n) is 2.65. The van der Waals surface area contributed by atoms with Crippen molar-refractivity contribution < 1.29 is 5.11 Å². The van der Waals surface area contributed by atoms with Crippen molar-refractivity contribution in [3.8, 4) is 0 Å². The van der Waals surface area contributed by atoms with E-state index in [4.69, 9.17) is 0 Å². The summed E-state index contributed by atoms with van der Waals surface area (Å²) < 4.78 is 0. The maximum Gasteiger partial charge on any atom is 0.0724 e. The van der Waals surface area contributed by atoms with Crippen molar-refractivity contribution in [1.82, 2.24) is 0 Å². The highest BCUT2D eigenvalue weighted by molar-refractivity contribution is 5.20. The van der Waals surface area contributed by atoms with Gasteiger partial charge in [0.05, 0.1) is 6.10 Å². The van der Waals surface area contributed by atoms with Gasteiger partial charge in [0, 0.05) is 0 Å². The van der Waals surface area contributed by atoms with Crippen molar-refractivity contribution in [3.63, 3.8) is 0 Å². The molecule has 1 saturated carbocycles. The van der Waals surface area contributed by atoms with Crippen molar-refractivity contribution >= 4 is 0 Å². The molecule has 2 aliphatic rings. The molecule has 0 aromatic carbocycles. The SMILES string of the molecule is C[C@@]12CCCCC1=C[C@@H](O)CC2. The zero-order valence-electron chi connectivity index (χ0n) is 7.84. The smallest absolute Gasteiger partial charge is 0.0724 e. The molecule has 2 aliphatic carbocycles. The predicted molar refractivity (Wildman–Crippen MR) is 49.9 cm³/mol. The molecule has 0 aromatic rings. The van der Waals surface area contributed by atoms with Gasteiger partial charge in [-0.05, 0) is 37.5 Å². The van der Waals surface area contributed by atoms with E-state index in [1.54, 1.807) is 0 Å². The van der Waals surface area contributed by atoms with E-state index in [0.29, 0.717) is 5.41 Å². The molecule has 2 atom stereocenters. The molecule has 12 heavy (non-hydrogen) atoms. The van der Waals surface area contributed by atoms with E-state index in [1.807, 2.05) is 0 Å². The normalized spacial score (nSPS) is 41.8. The monoisotopic (exact) mass is 166 g/mol. The molecule has 0 saturated heterocycles. The van der Waals surface area contributed by atoms with Crippen LogP contribution in [0.2, 0.25) is 0 Å². The molecule has 0 aromatic heterocycles. The van der Waals surface area contributed by atoms with Gasteiger partial charge >= 0.3 is 0 Å². The Kier molecular flexibility index (Phi) is 1.99. The third-order valence-electron chi connectivity index (χ3n) is 3.59. The Morgan fingerprint density at radius 1 is 1.42 bits per heavy atom. The van der Waals surface area contributed by atoms with Gasteiger partial charge in [0.25, 0.3) is 0 Å². The topological polar surface area (TPSA) is 20.2 Å². The molecule has 2 rings (SSSR count). The maximum atomic E-state index is 9.49. The highest BCUT2D eigenvalue weighted by Gasteiger charge is 2.34. The van der Waals surface area contributed by atoms with Crippen molar-refractivity contribution in [2.75, 3.05) is 0 Å². The van der Waals surface area contributed by atoms with Crippen molar-refractivity contribution in [3.05, 3.63) is 11.6 Å². The fourth-order valence-corrected chi connectivity index (χ4v) is 2.65. The van der Waals surface area contributed by atoms with Gasteiger partial charge in [-0.25, -0.2) is 0 Å². The van der Waals surface area contributed by atoms with Gasteiger partial charge in [-0.1, -0.05) is 25.0 Å². The lowest BCUT2D eigenvalue weighted by atomic mass is 9.66. The Hall–Kier alpha value is -0.300. The molecule has 0 heterocycles. The average Bonchev–Trinajstić information content (AvgIpc) is 2.06. The molecule has 1 nitrogen and oxygen atoms in total. The first-order valence-electron chi connectivity index (χ1n) is 5.10. The van der Waals surface area contributed by atoms with Crippen LogP contribution in [0.25, 0.3) is 0 Å². The summed E-state index contributed by atoms with van der Waals surface area (Å²) in [5.74, 6) is 0. The van der Waals surface area contributed by atoms with E-state index in [-0.39, 0.29) is 6.10 Å². The lowest BCUT2D eigenvalue weighted by Crippen LogP contribution is -2.29. The molecule has 0 bridgehead atoms. The van der Waals surface area contributed by atoms with E-state index < -0.39 is 0 Å². The summed E-state index contributed by atoms with van der Waals surface area (Å²) in [6.07, 6.45) is 9.41. The quantitative estimate of drug-likeness (QED) is 0.548. The van der Waals surface area contributed by atoms with Crippen LogP contribution >= 0.6 is 0 Å². The van der Waals surface area contributed by atoms with E-state index >= 15 is 0 Å². The molecule has 0 radical (unpaired) electrons. The molecule has 0 spiro atoms. The minimum absolute atomic E-state index is 0.147. The van der Waals surface area contributed by atoms with Crippen LogP contribution in [-0.2, 0) is 0 Å². The molecule has 68 valence electrons. The second-order valence-electron chi connectivity index (χ2n) is 4.57. The highest BCUT2D eigenvalue weighted by Crippen LogP contribution is 2.46. The van der Waals surface area contributed by atoms with E-state index in [2.05, 4.69) is 13.0 Å². The number of rotatable bonds is 0. The number of fused-ring (bicyclic) bond motifs is 1. The lowest BCUT2D eigenvalue weighted by Gasteiger charge is -2.40. The van der Waals surface area contributed by atoms with Crippen LogP contribution in [0.1, 0.15) is 45.4 Å². The molecular weight excluding hydrogens is 148 g/mol. The largest absolute Gasteiger partial charge is 0.389 e. The van der Waals surface area contributed by atoms with E-state index in [0.717, 1.165) is 6.42 Å². The molecule has 0 amide bonds. The van der Waals surface area contributed by atoms with Crippen LogP contribution in [0.3, 0.4) is 0 Å². The second kappa shape index (κ2) is 2.88. The van der Waals surface area contributed by atoms with Crippen LogP contribution in [-0.4, -0.2) is 11.2 Å². The minimum Gasteiger partial charge on any atom is -0.389 e. The molecule has 1 heteroatoms. The summed E-state index contributed by atoms with van der Waals surface area (Å²) in [5, 5.41) is 9.49. The fraction of sp³-hybridized carbons (Fsp3) is 0.818. The summed E-state index contributed by atoms with van der Waals surface area (Å²) in [6, 6.07) is 0. The number of aliphatic hydroxyl groups excluding tert-OH is 1. The molecule has 0 unspecified atom stereocenters. The van der Waals surface area contributed by atoms with Crippen LogP contribution in [0.5, 0.6) is 0 Å². The van der Waals surface area contributed by atoms with Gasteiger partial charge in [0.15, 0.2) is 0 Å². The van der Waals surface area contributed by atoms with Gasteiger partial charge in [0.1, 0.15) is 0 Å². The van der Waals surface area contributed by atoms with E-state index in [9.17, 15) is 5.11 Å². The zero-order valence-corrected chi connectivity index (χ0v) is 7.84. The lowest BCUT2D eigenvalue weighted by molar-refractivity contribution is 0.152. The maximum absolute atomic E-state index is 9.49. The number of allylic oxidation sites excluding steroid dienone is 1. The highest BCUT2D eigenvalue weighted by atomic mass is 16.3. The summed E-state index contributed by atoms with van der Waals surface area (Å²) in [5.41, 5.74) is 1.99. The Morgan fingerprint density at radius 2 is 2.25 bits per heavy atom.